The normalized spacial score (nSPS) is 28.5. The molecule has 0 aromatic heterocycles. The fraction of sp³-hybridized carbons (Fsp3) is 1.00. The summed E-state index contributed by atoms with van der Waals surface area (Å²) in [4.78, 5) is 0. The summed E-state index contributed by atoms with van der Waals surface area (Å²) >= 11 is 0. The van der Waals surface area contributed by atoms with E-state index >= 15 is 0 Å². The topological polar surface area (TPSA) is 18.5 Å². The maximum absolute atomic E-state index is 5.58. The van der Waals surface area contributed by atoms with Crippen LogP contribution in [0.25, 0.3) is 0 Å². The van der Waals surface area contributed by atoms with Crippen molar-refractivity contribution in [1.82, 2.24) is 0 Å². The average molecular weight is 160 g/mol. The van der Waals surface area contributed by atoms with Crippen LogP contribution in [0, 0.1) is 0 Å². The van der Waals surface area contributed by atoms with Gasteiger partial charge >= 0.3 is 0 Å². The molecule has 1 aliphatic rings. The second kappa shape index (κ2) is 3.03. The van der Waals surface area contributed by atoms with Gasteiger partial charge in [-0.1, -0.05) is 19.6 Å². The molecule has 3 heteroatoms. The average Bonchev–Trinajstić information content (AvgIpc) is 1.88. The Kier molecular flexibility index (Phi) is 2.49. The smallest absolute Gasteiger partial charge is 0.0815 e. The Morgan fingerprint density at radius 1 is 1.20 bits per heavy atom. The standard InChI is InChI=1S/C7H16O2Si/c1-10(2,3)7-6-8-4-5-9-7/h7H,4-6H2,1-3H3. The Morgan fingerprint density at radius 2 is 1.90 bits per heavy atom. The van der Waals surface area contributed by atoms with Crippen molar-refractivity contribution in [2.75, 3.05) is 19.8 Å². The third-order valence-corrected chi connectivity index (χ3v) is 4.05. The van der Waals surface area contributed by atoms with Crippen LogP contribution < -0.4 is 0 Å². The third kappa shape index (κ3) is 2.07. The summed E-state index contributed by atoms with van der Waals surface area (Å²) in [6.45, 7) is 9.32. The van der Waals surface area contributed by atoms with Gasteiger partial charge in [0.15, 0.2) is 0 Å². The van der Waals surface area contributed by atoms with E-state index in [2.05, 4.69) is 19.6 Å². The lowest BCUT2D eigenvalue weighted by molar-refractivity contribution is -0.0580. The zero-order valence-corrected chi connectivity index (χ0v) is 8.02. The molecule has 0 spiro atoms. The first kappa shape index (κ1) is 8.24. The molecular weight excluding hydrogens is 144 g/mol. The van der Waals surface area contributed by atoms with Crippen molar-refractivity contribution in [3.63, 3.8) is 0 Å². The van der Waals surface area contributed by atoms with E-state index in [1.807, 2.05) is 0 Å². The Balaban J connectivity index is 2.39. The van der Waals surface area contributed by atoms with Crippen LogP contribution in [0.2, 0.25) is 19.6 Å². The highest BCUT2D eigenvalue weighted by Gasteiger charge is 2.29. The van der Waals surface area contributed by atoms with Crippen LogP contribution in [0.5, 0.6) is 0 Å². The second-order valence-corrected chi connectivity index (χ2v) is 9.18. The van der Waals surface area contributed by atoms with E-state index in [1.54, 1.807) is 0 Å². The maximum atomic E-state index is 5.58. The fourth-order valence-corrected chi connectivity index (χ4v) is 2.22. The highest BCUT2D eigenvalue weighted by molar-refractivity contribution is 6.77. The minimum absolute atomic E-state index is 0.418. The van der Waals surface area contributed by atoms with Crippen LogP contribution in [0.3, 0.4) is 0 Å². The second-order valence-electron chi connectivity index (χ2n) is 3.80. The van der Waals surface area contributed by atoms with E-state index < -0.39 is 8.07 Å². The lowest BCUT2D eigenvalue weighted by Gasteiger charge is -2.31. The van der Waals surface area contributed by atoms with E-state index in [4.69, 9.17) is 9.47 Å². The molecule has 1 atom stereocenters. The zero-order valence-electron chi connectivity index (χ0n) is 7.02. The quantitative estimate of drug-likeness (QED) is 0.538. The molecule has 0 N–H and O–H groups in total. The number of rotatable bonds is 1. The van der Waals surface area contributed by atoms with E-state index in [-0.39, 0.29) is 0 Å². The lowest BCUT2D eigenvalue weighted by atomic mass is 10.6. The van der Waals surface area contributed by atoms with Gasteiger partial charge in [-0.25, -0.2) is 0 Å². The first-order valence-electron chi connectivity index (χ1n) is 3.80. The van der Waals surface area contributed by atoms with Crippen molar-refractivity contribution in [3.05, 3.63) is 0 Å². The minimum atomic E-state index is -1.10. The molecule has 0 aliphatic carbocycles. The predicted molar refractivity (Wildman–Crippen MR) is 43.9 cm³/mol. The Bertz CT molecular complexity index is 103. The van der Waals surface area contributed by atoms with Gasteiger partial charge in [0.2, 0.25) is 0 Å². The third-order valence-electron chi connectivity index (χ3n) is 1.78. The van der Waals surface area contributed by atoms with Crippen molar-refractivity contribution >= 4 is 8.07 Å². The van der Waals surface area contributed by atoms with Crippen molar-refractivity contribution in [3.8, 4) is 0 Å². The van der Waals surface area contributed by atoms with Gasteiger partial charge in [-0.3, -0.25) is 0 Å². The number of hydrogen-bond acceptors (Lipinski definition) is 2. The molecule has 0 bridgehead atoms. The summed E-state index contributed by atoms with van der Waals surface area (Å²) in [5.74, 6) is 0. The molecule has 1 unspecified atom stereocenters. The number of ether oxygens (including phenoxy) is 2. The summed E-state index contributed by atoms with van der Waals surface area (Å²) in [7, 11) is -1.10. The molecular formula is C7H16O2Si. The van der Waals surface area contributed by atoms with E-state index in [0.717, 1.165) is 19.8 Å². The van der Waals surface area contributed by atoms with E-state index in [1.165, 1.54) is 0 Å². The predicted octanol–water partition coefficient (Wildman–Crippen LogP) is 1.28. The first-order valence-corrected chi connectivity index (χ1v) is 7.38. The molecule has 2 nitrogen and oxygen atoms in total. The minimum Gasteiger partial charge on any atom is -0.377 e. The van der Waals surface area contributed by atoms with Gasteiger partial charge in [-0.15, -0.1) is 0 Å². The molecule has 0 aromatic carbocycles. The molecule has 1 fully saturated rings. The van der Waals surface area contributed by atoms with Gasteiger partial charge in [0.1, 0.15) is 0 Å². The molecule has 1 saturated heterocycles. The molecule has 1 rings (SSSR count). The first-order chi connectivity index (χ1) is 4.61. The number of hydrogen-bond donors (Lipinski definition) is 0. The van der Waals surface area contributed by atoms with Gasteiger partial charge in [-0.05, 0) is 0 Å². The van der Waals surface area contributed by atoms with Crippen LogP contribution >= 0.6 is 0 Å². The Morgan fingerprint density at radius 3 is 2.20 bits per heavy atom. The van der Waals surface area contributed by atoms with Crippen LogP contribution in [-0.4, -0.2) is 33.6 Å². The van der Waals surface area contributed by atoms with Crippen LogP contribution in [0.1, 0.15) is 0 Å². The fourth-order valence-electron chi connectivity index (χ4n) is 0.988. The summed E-state index contributed by atoms with van der Waals surface area (Å²) < 4.78 is 10.9. The van der Waals surface area contributed by atoms with E-state index in [9.17, 15) is 0 Å². The highest BCUT2D eigenvalue weighted by atomic mass is 28.3. The van der Waals surface area contributed by atoms with Gasteiger partial charge in [0.25, 0.3) is 0 Å². The molecule has 0 aromatic rings. The Hall–Kier alpha value is 0.137. The Labute approximate surface area is 63.5 Å². The summed E-state index contributed by atoms with van der Waals surface area (Å²) in [5, 5.41) is 0. The monoisotopic (exact) mass is 160 g/mol. The summed E-state index contributed by atoms with van der Waals surface area (Å²) in [6.07, 6.45) is 0. The van der Waals surface area contributed by atoms with Crippen LogP contribution in [0.15, 0.2) is 0 Å². The maximum Gasteiger partial charge on any atom is 0.0815 e. The van der Waals surface area contributed by atoms with Gasteiger partial charge in [0.05, 0.1) is 33.6 Å². The SMILES string of the molecule is C[Si](C)(C)C1COCCO1. The molecule has 1 heterocycles. The van der Waals surface area contributed by atoms with Gasteiger partial charge in [-0.2, -0.15) is 0 Å². The molecule has 0 amide bonds. The van der Waals surface area contributed by atoms with Crippen molar-refractivity contribution in [1.29, 1.82) is 0 Å². The molecule has 0 saturated carbocycles. The zero-order chi connectivity index (χ0) is 7.61. The van der Waals surface area contributed by atoms with Crippen LogP contribution in [-0.2, 0) is 9.47 Å². The summed E-state index contributed by atoms with van der Waals surface area (Å²) in [5.41, 5.74) is 0.418. The molecule has 10 heavy (non-hydrogen) atoms. The van der Waals surface area contributed by atoms with E-state index in [0.29, 0.717) is 5.73 Å². The summed E-state index contributed by atoms with van der Waals surface area (Å²) in [6, 6.07) is 0. The lowest BCUT2D eigenvalue weighted by Crippen LogP contribution is -2.46. The van der Waals surface area contributed by atoms with Gasteiger partial charge in [0, 0.05) is 0 Å². The molecule has 0 radical (unpaired) electrons. The molecule has 1 aliphatic heterocycles. The highest BCUT2D eigenvalue weighted by Crippen LogP contribution is 2.14. The van der Waals surface area contributed by atoms with Crippen molar-refractivity contribution in [2.45, 2.75) is 25.4 Å². The van der Waals surface area contributed by atoms with Gasteiger partial charge < -0.3 is 9.47 Å². The van der Waals surface area contributed by atoms with Crippen LogP contribution in [0.4, 0.5) is 0 Å². The largest absolute Gasteiger partial charge is 0.377 e. The van der Waals surface area contributed by atoms with Crippen molar-refractivity contribution < 1.29 is 9.47 Å². The molecule has 60 valence electrons. The van der Waals surface area contributed by atoms with Crippen molar-refractivity contribution in [2.24, 2.45) is 0 Å².